The smallest absolute Gasteiger partial charge is 0.453 e. The number of nitrogens with one attached hydrogen (secondary N) is 1. The van der Waals surface area contributed by atoms with Gasteiger partial charge in [-0.15, -0.1) is 16.4 Å². The Kier molecular flexibility index (Phi) is 6.68. The number of hydrogen-bond acceptors (Lipinski definition) is 8. The fourth-order valence-electron chi connectivity index (χ4n) is 3.25. The molecule has 1 amide bonds. The van der Waals surface area contributed by atoms with Crippen LogP contribution in [-0.4, -0.2) is 38.1 Å². The summed E-state index contributed by atoms with van der Waals surface area (Å²) in [7, 11) is 0. The zero-order valence-electron chi connectivity index (χ0n) is 18.1. The Balaban J connectivity index is 1.80. The number of aryl methyl sites for hydroxylation is 2. The lowest BCUT2D eigenvalue weighted by molar-refractivity contribution is -0.144. The number of amides is 1. The van der Waals surface area contributed by atoms with E-state index in [0.717, 1.165) is 15.9 Å². The summed E-state index contributed by atoms with van der Waals surface area (Å²) in [6.07, 6.45) is -4.56. The molecule has 0 fully saturated rings. The minimum atomic E-state index is -4.70. The van der Waals surface area contributed by atoms with Gasteiger partial charge in [-0.2, -0.15) is 23.4 Å². The maximum absolute atomic E-state index is 12.9. The number of aromatic nitrogens is 4. The predicted molar refractivity (Wildman–Crippen MR) is 112 cm³/mol. The van der Waals surface area contributed by atoms with E-state index in [1.165, 1.54) is 0 Å². The fraction of sp³-hybridized carbons (Fsp3) is 0.400. The van der Waals surface area contributed by atoms with Crippen LogP contribution in [0.1, 0.15) is 56.9 Å². The van der Waals surface area contributed by atoms with Crippen LogP contribution in [0.2, 0.25) is 0 Å². The Bertz CT molecular complexity index is 1290. The molecule has 0 aromatic carbocycles. The van der Waals surface area contributed by atoms with E-state index in [-0.39, 0.29) is 40.7 Å². The second-order valence-electron chi connectivity index (χ2n) is 7.05. The van der Waals surface area contributed by atoms with Crippen LogP contribution < -0.4 is 5.32 Å². The Morgan fingerprint density at radius 1 is 1.24 bits per heavy atom. The maximum atomic E-state index is 12.9. The quantitative estimate of drug-likeness (QED) is 0.533. The number of alkyl halides is 3. The molecule has 0 bridgehead atoms. The molecule has 3 aromatic heterocycles. The van der Waals surface area contributed by atoms with Crippen molar-refractivity contribution in [3.63, 3.8) is 0 Å². The molecule has 3 rings (SSSR count). The number of nitriles is 1. The Hall–Kier alpha value is -3.53. The molecule has 0 radical (unpaired) electrons. The molecule has 0 spiro atoms. The molecule has 0 saturated heterocycles. The summed E-state index contributed by atoms with van der Waals surface area (Å²) in [6, 6.07) is 1.98. The van der Waals surface area contributed by atoms with Crippen LogP contribution in [-0.2, 0) is 22.1 Å². The number of rotatable bonds is 6. The van der Waals surface area contributed by atoms with Crippen LogP contribution in [0.4, 0.5) is 18.2 Å². The van der Waals surface area contributed by atoms with Gasteiger partial charge in [0.2, 0.25) is 5.91 Å². The predicted octanol–water partition coefficient (Wildman–Crippen LogP) is 3.75. The third-order valence-corrected chi connectivity index (χ3v) is 6.06. The van der Waals surface area contributed by atoms with E-state index in [2.05, 4.69) is 20.4 Å². The first-order valence-electron chi connectivity index (χ1n) is 9.78. The largest absolute Gasteiger partial charge is 0.462 e. The van der Waals surface area contributed by atoms with Gasteiger partial charge in [0.1, 0.15) is 15.9 Å². The standard InChI is InChI=1S/C20H19F3N6O3S/c1-5-32-17(31)15-9(2)13(8-24)16(33-15)26-14(30)7-6-12-10(3)25-19-27-18(20(21,22)23)28-29(19)11(12)4/h5-7H2,1-4H3,(H,26,30). The van der Waals surface area contributed by atoms with Crippen molar-refractivity contribution in [3.05, 3.63) is 38.8 Å². The second-order valence-corrected chi connectivity index (χ2v) is 8.07. The fourth-order valence-corrected chi connectivity index (χ4v) is 4.31. The molecule has 1 N–H and O–H groups in total. The summed E-state index contributed by atoms with van der Waals surface area (Å²) in [4.78, 5) is 32.4. The van der Waals surface area contributed by atoms with Gasteiger partial charge >= 0.3 is 12.1 Å². The first-order chi connectivity index (χ1) is 15.5. The van der Waals surface area contributed by atoms with Crippen molar-refractivity contribution in [1.29, 1.82) is 5.26 Å². The van der Waals surface area contributed by atoms with Crippen LogP contribution in [0.15, 0.2) is 0 Å². The first-order valence-corrected chi connectivity index (χ1v) is 10.6. The number of nitrogens with zero attached hydrogens (tertiary/aromatic N) is 5. The lowest BCUT2D eigenvalue weighted by Gasteiger charge is -2.10. The average molecular weight is 480 g/mol. The molecule has 0 aliphatic carbocycles. The van der Waals surface area contributed by atoms with Gasteiger partial charge in [0.15, 0.2) is 0 Å². The van der Waals surface area contributed by atoms with E-state index in [1.54, 1.807) is 27.7 Å². The Morgan fingerprint density at radius 2 is 1.94 bits per heavy atom. The van der Waals surface area contributed by atoms with Crippen LogP contribution in [0.3, 0.4) is 0 Å². The normalized spacial score (nSPS) is 11.5. The third kappa shape index (κ3) is 4.80. The second kappa shape index (κ2) is 9.14. The number of fused-ring (bicyclic) bond motifs is 1. The molecule has 3 heterocycles. The molecule has 0 aliphatic rings. The summed E-state index contributed by atoms with van der Waals surface area (Å²) in [6.45, 7) is 6.62. The van der Waals surface area contributed by atoms with Gasteiger partial charge in [-0.25, -0.2) is 14.3 Å². The van der Waals surface area contributed by atoms with Gasteiger partial charge < -0.3 is 10.1 Å². The van der Waals surface area contributed by atoms with E-state index < -0.39 is 23.9 Å². The van der Waals surface area contributed by atoms with Gasteiger partial charge in [-0.3, -0.25) is 4.79 Å². The summed E-state index contributed by atoms with van der Waals surface area (Å²) >= 11 is 0.952. The number of hydrogen-bond donors (Lipinski definition) is 1. The number of halogens is 3. The highest BCUT2D eigenvalue weighted by atomic mass is 32.1. The van der Waals surface area contributed by atoms with E-state index in [4.69, 9.17) is 4.74 Å². The highest BCUT2D eigenvalue weighted by molar-refractivity contribution is 7.18. The third-order valence-electron chi connectivity index (χ3n) is 4.88. The highest BCUT2D eigenvalue weighted by Crippen LogP contribution is 2.33. The first kappa shape index (κ1) is 24.1. The molecule has 0 unspecified atom stereocenters. The molecular formula is C20H19F3N6O3S. The molecule has 13 heteroatoms. The molecule has 0 saturated carbocycles. The lowest BCUT2D eigenvalue weighted by Crippen LogP contribution is -2.14. The maximum Gasteiger partial charge on any atom is 0.453 e. The van der Waals surface area contributed by atoms with Crippen molar-refractivity contribution in [3.8, 4) is 6.07 Å². The molecular weight excluding hydrogens is 461 g/mol. The van der Waals surface area contributed by atoms with Gasteiger partial charge in [0, 0.05) is 17.8 Å². The lowest BCUT2D eigenvalue weighted by atomic mass is 10.1. The molecule has 0 atom stereocenters. The van der Waals surface area contributed by atoms with Crippen LogP contribution in [0.5, 0.6) is 0 Å². The van der Waals surface area contributed by atoms with Crippen molar-refractivity contribution in [2.24, 2.45) is 0 Å². The Morgan fingerprint density at radius 3 is 2.55 bits per heavy atom. The minimum absolute atomic E-state index is 0.0355. The van der Waals surface area contributed by atoms with Crippen molar-refractivity contribution >= 4 is 34.0 Å². The monoisotopic (exact) mass is 480 g/mol. The van der Waals surface area contributed by atoms with Gasteiger partial charge in [0.05, 0.1) is 12.2 Å². The van der Waals surface area contributed by atoms with Gasteiger partial charge in [0.25, 0.3) is 11.6 Å². The zero-order chi connectivity index (χ0) is 24.5. The van der Waals surface area contributed by atoms with Crippen LogP contribution in [0.25, 0.3) is 5.78 Å². The van der Waals surface area contributed by atoms with Crippen molar-refractivity contribution in [2.45, 2.75) is 46.7 Å². The van der Waals surface area contributed by atoms with Crippen LogP contribution >= 0.6 is 11.3 Å². The summed E-state index contributed by atoms with van der Waals surface area (Å²) < 4.78 is 44.8. The van der Waals surface area contributed by atoms with E-state index in [0.29, 0.717) is 22.5 Å². The zero-order valence-corrected chi connectivity index (χ0v) is 18.9. The van der Waals surface area contributed by atoms with E-state index >= 15 is 0 Å². The number of carbonyl (C=O) groups excluding carboxylic acids is 2. The SMILES string of the molecule is CCOC(=O)c1sc(NC(=O)CCc2c(C)nc3nc(C(F)(F)F)nn3c2C)c(C#N)c1C. The van der Waals surface area contributed by atoms with Crippen molar-refractivity contribution in [2.75, 3.05) is 11.9 Å². The molecule has 9 nitrogen and oxygen atoms in total. The van der Waals surface area contributed by atoms with Crippen molar-refractivity contribution in [1.82, 2.24) is 19.6 Å². The van der Waals surface area contributed by atoms with Gasteiger partial charge in [-0.1, -0.05) is 0 Å². The van der Waals surface area contributed by atoms with Gasteiger partial charge in [-0.05, 0) is 45.2 Å². The highest BCUT2D eigenvalue weighted by Gasteiger charge is 2.37. The van der Waals surface area contributed by atoms with E-state index in [9.17, 15) is 28.0 Å². The molecule has 33 heavy (non-hydrogen) atoms. The summed E-state index contributed by atoms with van der Waals surface area (Å²) in [5, 5.41) is 15.8. The Labute approximate surface area is 190 Å². The number of anilines is 1. The number of esters is 1. The molecule has 3 aromatic rings. The molecule has 0 aliphatic heterocycles. The molecule has 174 valence electrons. The average Bonchev–Trinajstić information content (AvgIpc) is 3.29. The number of carbonyl (C=O) groups is 2. The minimum Gasteiger partial charge on any atom is -0.462 e. The number of ether oxygens (including phenoxy) is 1. The van der Waals surface area contributed by atoms with Crippen molar-refractivity contribution < 1.29 is 27.5 Å². The summed E-state index contributed by atoms with van der Waals surface area (Å²) in [5.41, 5.74) is 1.98. The van der Waals surface area contributed by atoms with Crippen LogP contribution in [0, 0.1) is 32.1 Å². The van der Waals surface area contributed by atoms with E-state index in [1.807, 2.05) is 6.07 Å². The topological polar surface area (TPSA) is 122 Å². The number of thiophene rings is 1. The summed E-state index contributed by atoms with van der Waals surface area (Å²) in [5.74, 6) is -2.48.